The van der Waals surface area contributed by atoms with Gasteiger partial charge in [0.25, 0.3) is 5.91 Å². The van der Waals surface area contributed by atoms with E-state index in [1.165, 1.54) is 6.26 Å². The van der Waals surface area contributed by atoms with Gasteiger partial charge in [-0.15, -0.1) is 0 Å². The van der Waals surface area contributed by atoms with Gasteiger partial charge in [-0.25, -0.2) is 0 Å². The highest BCUT2D eigenvalue weighted by molar-refractivity contribution is 5.91. The maximum atomic E-state index is 12.1. The second-order valence-corrected chi connectivity index (χ2v) is 5.34. The third kappa shape index (κ3) is 3.21. The van der Waals surface area contributed by atoms with Gasteiger partial charge in [0.05, 0.1) is 19.1 Å². The minimum absolute atomic E-state index is 0.0153. The third-order valence-electron chi connectivity index (χ3n) is 3.90. The van der Waals surface area contributed by atoms with Crippen molar-refractivity contribution in [3.05, 3.63) is 48.3 Å². The minimum atomic E-state index is -0.112. The van der Waals surface area contributed by atoms with E-state index < -0.39 is 0 Å². The van der Waals surface area contributed by atoms with Gasteiger partial charge < -0.3 is 19.1 Å². The van der Waals surface area contributed by atoms with E-state index in [0.717, 1.165) is 5.76 Å². The van der Waals surface area contributed by atoms with Crippen LogP contribution in [0.1, 0.15) is 29.2 Å². The molecule has 1 fully saturated rings. The number of nitrogens with one attached hydrogen (secondary N) is 1. The van der Waals surface area contributed by atoms with Gasteiger partial charge in [-0.05, 0) is 37.1 Å². The van der Waals surface area contributed by atoms with Gasteiger partial charge in [-0.2, -0.15) is 0 Å². The van der Waals surface area contributed by atoms with Gasteiger partial charge in [0.2, 0.25) is 5.91 Å². The molecule has 0 unspecified atom stereocenters. The Labute approximate surface area is 128 Å². The van der Waals surface area contributed by atoms with Crippen molar-refractivity contribution in [2.24, 2.45) is 5.92 Å². The summed E-state index contributed by atoms with van der Waals surface area (Å²) >= 11 is 0. The fraction of sp³-hybridized carbons (Fsp3) is 0.375. The zero-order valence-corrected chi connectivity index (χ0v) is 12.2. The zero-order valence-electron chi connectivity index (χ0n) is 12.2. The van der Waals surface area contributed by atoms with Crippen LogP contribution in [0.5, 0.6) is 0 Å². The van der Waals surface area contributed by atoms with E-state index >= 15 is 0 Å². The number of hydrogen-bond donors (Lipinski definition) is 1. The molecule has 1 aliphatic rings. The molecule has 1 aliphatic heterocycles. The lowest BCUT2D eigenvalue weighted by molar-refractivity contribution is -0.126. The van der Waals surface area contributed by atoms with Crippen molar-refractivity contribution in [3.63, 3.8) is 0 Å². The predicted octanol–water partition coefficient (Wildman–Crippen LogP) is 2.04. The van der Waals surface area contributed by atoms with E-state index in [4.69, 9.17) is 8.83 Å². The van der Waals surface area contributed by atoms with Crippen LogP contribution in [0.15, 0.2) is 45.6 Å². The molecule has 6 nitrogen and oxygen atoms in total. The molecule has 22 heavy (non-hydrogen) atoms. The van der Waals surface area contributed by atoms with E-state index in [-0.39, 0.29) is 17.7 Å². The average molecular weight is 302 g/mol. The Morgan fingerprint density at radius 2 is 1.86 bits per heavy atom. The van der Waals surface area contributed by atoms with Crippen LogP contribution in [0.25, 0.3) is 0 Å². The quantitative estimate of drug-likeness (QED) is 0.937. The van der Waals surface area contributed by atoms with Gasteiger partial charge in [0.1, 0.15) is 5.76 Å². The van der Waals surface area contributed by atoms with Gasteiger partial charge in [-0.1, -0.05) is 0 Å². The van der Waals surface area contributed by atoms with E-state index in [1.54, 1.807) is 29.4 Å². The Balaban J connectivity index is 1.47. The van der Waals surface area contributed by atoms with Crippen LogP contribution in [0.4, 0.5) is 0 Å². The van der Waals surface area contributed by atoms with Crippen molar-refractivity contribution in [3.8, 4) is 0 Å². The van der Waals surface area contributed by atoms with Crippen molar-refractivity contribution < 1.29 is 18.4 Å². The van der Waals surface area contributed by atoms with Crippen molar-refractivity contribution in [2.45, 2.75) is 19.4 Å². The summed E-state index contributed by atoms with van der Waals surface area (Å²) in [4.78, 5) is 26.0. The third-order valence-corrected chi connectivity index (χ3v) is 3.90. The summed E-state index contributed by atoms with van der Waals surface area (Å²) in [5.74, 6) is 0.927. The van der Waals surface area contributed by atoms with E-state index in [0.29, 0.717) is 38.2 Å². The van der Waals surface area contributed by atoms with E-state index in [9.17, 15) is 9.59 Å². The Bertz CT molecular complexity index is 611. The summed E-state index contributed by atoms with van der Waals surface area (Å²) in [6.07, 6.45) is 4.40. The van der Waals surface area contributed by atoms with Crippen LogP contribution in [-0.4, -0.2) is 29.8 Å². The Kier molecular flexibility index (Phi) is 4.27. The molecule has 0 atom stereocenters. The molecule has 0 bridgehead atoms. The Hall–Kier alpha value is -2.50. The van der Waals surface area contributed by atoms with Crippen LogP contribution < -0.4 is 5.32 Å². The number of carbonyl (C=O) groups is 2. The number of amides is 2. The van der Waals surface area contributed by atoms with Gasteiger partial charge in [0.15, 0.2) is 5.76 Å². The molecule has 1 N–H and O–H groups in total. The van der Waals surface area contributed by atoms with Gasteiger partial charge in [-0.3, -0.25) is 9.59 Å². The fourth-order valence-corrected chi connectivity index (χ4v) is 2.63. The molecule has 1 saturated heterocycles. The lowest BCUT2D eigenvalue weighted by atomic mass is 9.95. The maximum absolute atomic E-state index is 12.1. The number of carbonyl (C=O) groups excluding carboxylic acids is 2. The summed E-state index contributed by atoms with van der Waals surface area (Å²) in [6.45, 7) is 1.54. The van der Waals surface area contributed by atoms with Gasteiger partial charge in [0, 0.05) is 19.0 Å². The van der Waals surface area contributed by atoms with E-state index in [2.05, 4.69) is 5.32 Å². The number of nitrogens with zero attached hydrogens (tertiary/aromatic N) is 1. The second kappa shape index (κ2) is 6.51. The Morgan fingerprint density at radius 3 is 2.50 bits per heavy atom. The highest BCUT2D eigenvalue weighted by atomic mass is 16.3. The predicted molar refractivity (Wildman–Crippen MR) is 77.9 cm³/mol. The summed E-state index contributed by atoms with van der Waals surface area (Å²) < 4.78 is 10.3. The first-order valence-corrected chi connectivity index (χ1v) is 7.37. The summed E-state index contributed by atoms with van der Waals surface area (Å²) in [5, 5.41) is 2.87. The summed E-state index contributed by atoms with van der Waals surface area (Å²) in [5.41, 5.74) is 0. The molecular formula is C16H18N2O4. The molecule has 3 heterocycles. The topological polar surface area (TPSA) is 75.7 Å². The largest absolute Gasteiger partial charge is 0.467 e. The first-order chi connectivity index (χ1) is 10.7. The first-order valence-electron chi connectivity index (χ1n) is 7.37. The monoisotopic (exact) mass is 302 g/mol. The molecule has 2 aromatic heterocycles. The number of rotatable bonds is 4. The number of likely N-dealkylation sites (tertiary alicyclic amines) is 1. The van der Waals surface area contributed by atoms with Crippen molar-refractivity contribution in [1.29, 1.82) is 0 Å². The van der Waals surface area contributed by atoms with Crippen molar-refractivity contribution in [1.82, 2.24) is 10.2 Å². The standard InChI is InChI=1S/C16H18N2O4/c19-15(17-11-13-3-1-9-21-13)12-5-7-18(8-6-12)16(20)14-4-2-10-22-14/h1-4,9-10,12H,5-8,11H2,(H,17,19). The van der Waals surface area contributed by atoms with Crippen molar-refractivity contribution >= 4 is 11.8 Å². The van der Waals surface area contributed by atoms with E-state index in [1.807, 2.05) is 6.07 Å². The average Bonchev–Trinajstić information content (AvgIpc) is 3.25. The minimum Gasteiger partial charge on any atom is -0.467 e. The zero-order chi connectivity index (χ0) is 15.4. The molecule has 0 radical (unpaired) electrons. The molecule has 0 aromatic carbocycles. The van der Waals surface area contributed by atoms with Crippen LogP contribution in [0.3, 0.4) is 0 Å². The highest BCUT2D eigenvalue weighted by Gasteiger charge is 2.28. The molecule has 0 saturated carbocycles. The first kappa shape index (κ1) is 14.4. The summed E-state index contributed by atoms with van der Waals surface area (Å²) in [6, 6.07) is 6.97. The summed E-state index contributed by atoms with van der Waals surface area (Å²) in [7, 11) is 0. The lowest BCUT2D eigenvalue weighted by Crippen LogP contribution is -2.42. The molecule has 3 rings (SSSR count). The number of furan rings is 2. The van der Waals surface area contributed by atoms with Crippen LogP contribution >= 0.6 is 0 Å². The smallest absolute Gasteiger partial charge is 0.289 e. The normalized spacial score (nSPS) is 15.7. The fourth-order valence-electron chi connectivity index (χ4n) is 2.63. The number of piperidine rings is 1. The molecule has 0 spiro atoms. The molecule has 2 aromatic rings. The lowest BCUT2D eigenvalue weighted by Gasteiger charge is -2.30. The van der Waals surface area contributed by atoms with Crippen LogP contribution in [-0.2, 0) is 11.3 Å². The second-order valence-electron chi connectivity index (χ2n) is 5.34. The number of hydrogen-bond acceptors (Lipinski definition) is 4. The maximum Gasteiger partial charge on any atom is 0.289 e. The SMILES string of the molecule is O=C(NCc1ccco1)C1CCN(C(=O)c2ccco2)CC1. The van der Waals surface area contributed by atoms with Crippen molar-refractivity contribution in [2.75, 3.05) is 13.1 Å². The molecule has 2 amide bonds. The van der Waals surface area contributed by atoms with Crippen LogP contribution in [0.2, 0.25) is 0 Å². The van der Waals surface area contributed by atoms with Crippen LogP contribution in [0, 0.1) is 5.92 Å². The molecular weight excluding hydrogens is 284 g/mol. The van der Waals surface area contributed by atoms with Gasteiger partial charge >= 0.3 is 0 Å². The molecule has 0 aliphatic carbocycles. The highest BCUT2D eigenvalue weighted by Crippen LogP contribution is 2.19. The Morgan fingerprint density at radius 1 is 1.14 bits per heavy atom. The molecule has 116 valence electrons. The molecule has 6 heteroatoms.